The van der Waals surface area contributed by atoms with Gasteiger partial charge in [-0.15, -0.1) is 0 Å². The molecular weight excluding hydrogens is 376 g/mol. The Labute approximate surface area is 179 Å². The molecule has 0 aromatic heterocycles. The number of benzene rings is 2. The third kappa shape index (κ3) is 5.38. The summed E-state index contributed by atoms with van der Waals surface area (Å²) in [5.41, 5.74) is 4.56. The van der Waals surface area contributed by atoms with Crippen LogP contribution in [0, 0.1) is 10.8 Å². The van der Waals surface area contributed by atoms with E-state index >= 15 is 0 Å². The summed E-state index contributed by atoms with van der Waals surface area (Å²) in [6.07, 6.45) is 3.69. The van der Waals surface area contributed by atoms with E-state index in [2.05, 4.69) is 88.4 Å². The second-order valence-corrected chi connectivity index (χ2v) is 9.90. The molecule has 0 saturated carbocycles. The van der Waals surface area contributed by atoms with Gasteiger partial charge in [0.2, 0.25) is 0 Å². The molecule has 0 N–H and O–H groups in total. The second-order valence-electron chi connectivity index (χ2n) is 9.90. The standard InChI is InChI=1S/C26H32O4/c1-25(2)15-27-23(28-16-25)21-11-7-19(8-12-21)5-6-20-9-13-22(14-10-20)24-29-17-26(3,4)18-30-24/h5-14,23-24H,15-18H2,1-4H3/b6-5+. The average Bonchev–Trinajstić information content (AvgIpc) is 2.73. The first-order valence-corrected chi connectivity index (χ1v) is 10.6. The Kier molecular flexibility index (Phi) is 6.12. The maximum Gasteiger partial charge on any atom is 0.183 e. The molecule has 0 bridgehead atoms. The molecule has 2 saturated heterocycles. The summed E-state index contributed by atoms with van der Waals surface area (Å²) in [5.74, 6) is 0. The van der Waals surface area contributed by atoms with Gasteiger partial charge < -0.3 is 18.9 Å². The molecule has 160 valence electrons. The van der Waals surface area contributed by atoms with Crippen molar-refractivity contribution >= 4 is 12.2 Å². The highest BCUT2D eigenvalue weighted by Gasteiger charge is 2.30. The predicted octanol–water partition coefficient (Wildman–Crippen LogP) is 6.00. The van der Waals surface area contributed by atoms with Crippen molar-refractivity contribution in [3.8, 4) is 0 Å². The SMILES string of the molecule is CC1(C)COC(c2ccc(/C=C/c3ccc(C4OCC(C)(C)CO4)cc3)cc2)OC1. The van der Waals surface area contributed by atoms with Gasteiger partial charge in [0, 0.05) is 22.0 Å². The Morgan fingerprint density at radius 2 is 0.867 bits per heavy atom. The number of ether oxygens (including phenoxy) is 4. The van der Waals surface area contributed by atoms with Crippen LogP contribution >= 0.6 is 0 Å². The molecule has 0 unspecified atom stereocenters. The summed E-state index contributed by atoms with van der Waals surface area (Å²) >= 11 is 0. The number of rotatable bonds is 4. The first-order chi connectivity index (χ1) is 14.3. The van der Waals surface area contributed by atoms with Gasteiger partial charge in [0.15, 0.2) is 12.6 Å². The van der Waals surface area contributed by atoms with Crippen LogP contribution in [0.4, 0.5) is 0 Å². The third-order valence-electron chi connectivity index (χ3n) is 5.39. The van der Waals surface area contributed by atoms with Crippen LogP contribution in [0.15, 0.2) is 48.5 Å². The molecule has 4 nitrogen and oxygen atoms in total. The van der Waals surface area contributed by atoms with Gasteiger partial charge in [0.05, 0.1) is 26.4 Å². The highest BCUT2D eigenvalue weighted by molar-refractivity contribution is 5.69. The van der Waals surface area contributed by atoms with Crippen molar-refractivity contribution in [2.45, 2.75) is 40.3 Å². The molecule has 2 heterocycles. The fourth-order valence-electron chi connectivity index (χ4n) is 3.49. The molecule has 2 aliphatic rings. The predicted molar refractivity (Wildman–Crippen MR) is 119 cm³/mol. The zero-order valence-corrected chi connectivity index (χ0v) is 18.4. The summed E-state index contributed by atoms with van der Waals surface area (Å²) in [5, 5.41) is 0. The fraction of sp³-hybridized carbons (Fsp3) is 0.462. The van der Waals surface area contributed by atoms with Crippen LogP contribution in [0.25, 0.3) is 12.2 Å². The Morgan fingerprint density at radius 3 is 1.17 bits per heavy atom. The first kappa shape index (κ1) is 21.3. The molecule has 0 amide bonds. The van der Waals surface area contributed by atoms with E-state index in [1.807, 2.05) is 0 Å². The molecule has 0 spiro atoms. The average molecular weight is 409 g/mol. The van der Waals surface area contributed by atoms with Gasteiger partial charge in [-0.2, -0.15) is 0 Å². The van der Waals surface area contributed by atoms with Gasteiger partial charge in [0.1, 0.15) is 0 Å². The van der Waals surface area contributed by atoms with Crippen LogP contribution in [0.2, 0.25) is 0 Å². The summed E-state index contributed by atoms with van der Waals surface area (Å²) in [7, 11) is 0. The minimum absolute atomic E-state index is 0.0839. The highest BCUT2D eigenvalue weighted by atomic mass is 16.7. The monoisotopic (exact) mass is 408 g/mol. The molecule has 0 atom stereocenters. The normalized spacial score (nSPS) is 22.4. The van der Waals surface area contributed by atoms with Crippen molar-refractivity contribution < 1.29 is 18.9 Å². The summed E-state index contributed by atoms with van der Waals surface area (Å²) in [4.78, 5) is 0. The van der Waals surface area contributed by atoms with Crippen molar-refractivity contribution in [3.63, 3.8) is 0 Å². The summed E-state index contributed by atoms with van der Waals surface area (Å²) in [6.45, 7) is 11.5. The molecule has 2 fully saturated rings. The molecule has 30 heavy (non-hydrogen) atoms. The van der Waals surface area contributed by atoms with Gasteiger partial charge in [0.25, 0.3) is 0 Å². The van der Waals surface area contributed by atoms with Gasteiger partial charge in [-0.3, -0.25) is 0 Å². The zero-order chi connectivity index (χ0) is 21.2. The van der Waals surface area contributed by atoms with E-state index in [0.717, 1.165) is 22.3 Å². The minimum atomic E-state index is -0.265. The van der Waals surface area contributed by atoms with Gasteiger partial charge in [-0.1, -0.05) is 88.4 Å². The maximum absolute atomic E-state index is 5.86. The lowest BCUT2D eigenvalue weighted by atomic mass is 9.95. The lowest BCUT2D eigenvalue weighted by Gasteiger charge is -2.34. The van der Waals surface area contributed by atoms with Gasteiger partial charge in [-0.05, 0) is 11.1 Å². The molecule has 0 aliphatic carbocycles. The van der Waals surface area contributed by atoms with E-state index in [4.69, 9.17) is 18.9 Å². The zero-order valence-electron chi connectivity index (χ0n) is 18.4. The van der Waals surface area contributed by atoms with Crippen LogP contribution in [0.5, 0.6) is 0 Å². The molecule has 2 aliphatic heterocycles. The smallest absolute Gasteiger partial charge is 0.183 e. The Morgan fingerprint density at radius 1 is 0.567 bits per heavy atom. The minimum Gasteiger partial charge on any atom is -0.348 e. The second kappa shape index (κ2) is 8.64. The quantitative estimate of drug-likeness (QED) is 0.582. The Balaban J connectivity index is 1.34. The van der Waals surface area contributed by atoms with Crippen LogP contribution in [-0.2, 0) is 18.9 Å². The topological polar surface area (TPSA) is 36.9 Å². The van der Waals surface area contributed by atoms with Crippen molar-refractivity contribution in [1.82, 2.24) is 0 Å². The molecule has 2 aromatic rings. The Bertz CT molecular complexity index is 771. The molecular formula is C26H32O4. The van der Waals surface area contributed by atoms with Crippen molar-refractivity contribution in [1.29, 1.82) is 0 Å². The van der Waals surface area contributed by atoms with Crippen LogP contribution in [0.1, 0.15) is 62.5 Å². The molecule has 4 rings (SSSR count). The van der Waals surface area contributed by atoms with Crippen LogP contribution in [-0.4, -0.2) is 26.4 Å². The molecule has 4 heteroatoms. The lowest BCUT2D eigenvalue weighted by Crippen LogP contribution is -2.33. The van der Waals surface area contributed by atoms with E-state index in [0.29, 0.717) is 26.4 Å². The van der Waals surface area contributed by atoms with Gasteiger partial charge in [-0.25, -0.2) is 0 Å². The number of hydrogen-bond donors (Lipinski definition) is 0. The number of hydrogen-bond acceptors (Lipinski definition) is 4. The maximum atomic E-state index is 5.86. The van der Waals surface area contributed by atoms with E-state index < -0.39 is 0 Å². The summed E-state index contributed by atoms with van der Waals surface area (Å²) < 4.78 is 23.4. The highest BCUT2D eigenvalue weighted by Crippen LogP contribution is 2.32. The first-order valence-electron chi connectivity index (χ1n) is 10.6. The molecule has 2 aromatic carbocycles. The van der Waals surface area contributed by atoms with Gasteiger partial charge >= 0.3 is 0 Å². The largest absolute Gasteiger partial charge is 0.348 e. The third-order valence-corrected chi connectivity index (χ3v) is 5.39. The van der Waals surface area contributed by atoms with E-state index in [1.165, 1.54) is 0 Å². The van der Waals surface area contributed by atoms with E-state index in [-0.39, 0.29) is 23.4 Å². The van der Waals surface area contributed by atoms with Crippen molar-refractivity contribution in [2.75, 3.05) is 26.4 Å². The van der Waals surface area contributed by atoms with Crippen molar-refractivity contribution in [2.24, 2.45) is 10.8 Å². The Hall–Kier alpha value is -1.98. The van der Waals surface area contributed by atoms with Crippen molar-refractivity contribution in [3.05, 3.63) is 70.8 Å². The van der Waals surface area contributed by atoms with Crippen LogP contribution in [0.3, 0.4) is 0 Å². The van der Waals surface area contributed by atoms with Crippen LogP contribution < -0.4 is 0 Å². The van der Waals surface area contributed by atoms with E-state index in [9.17, 15) is 0 Å². The fourth-order valence-corrected chi connectivity index (χ4v) is 3.49. The van der Waals surface area contributed by atoms with E-state index in [1.54, 1.807) is 0 Å². The lowest BCUT2D eigenvalue weighted by molar-refractivity contribution is -0.226. The molecule has 0 radical (unpaired) electrons. The summed E-state index contributed by atoms with van der Waals surface area (Å²) in [6, 6.07) is 16.7.